The lowest BCUT2D eigenvalue weighted by Crippen LogP contribution is -2.40. The van der Waals surface area contributed by atoms with Gasteiger partial charge in [0.1, 0.15) is 0 Å². The summed E-state index contributed by atoms with van der Waals surface area (Å²) in [5.41, 5.74) is 3.57. The third kappa shape index (κ3) is 3.54. The molecule has 0 unspecified atom stereocenters. The van der Waals surface area contributed by atoms with Crippen molar-refractivity contribution in [2.45, 2.75) is 18.4 Å². The summed E-state index contributed by atoms with van der Waals surface area (Å²) in [4.78, 5) is 19.0. The second kappa shape index (κ2) is 7.45. The molecule has 1 aliphatic heterocycles. The molecule has 2 atom stereocenters. The minimum absolute atomic E-state index is 0.0168. The van der Waals surface area contributed by atoms with Gasteiger partial charge in [0.25, 0.3) is 0 Å². The number of benzene rings is 2. The van der Waals surface area contributed by atoms with Crippen molar-refractivity contribution in [1.29, 1.82) is 0 Å². The normalized spacial score (nSPS) is 20.2. The molecule has 1 N–H and O–H groups in total. The Bertz CT molecular complexity index is 785. The van der Waals surface area contributed by atoms with Crippen LogP contribution in [-0.2, 0) is 4.79 Å². The van der Waals surface area contributed by atoms with Crippen LogP contribution in [0.15, 0.2) is 60.1 Å². The number of anilines is 1. The number of likely N-dealkylation sites (tertiary alicyclic amines) is 1. The lowest BCUT2D eigenvalue weighted by atomic mass is 9.91. The Hall–Kier alpha value is -2.72. The van der Waals surface area contributed by atoms with Crippen LogP contribution in [0.5, 0.6) is 0 Å². The van der Waals surface area contributed by atoms with Gasteiger partial charge < -0.3 is 5.32 Å². The van der Waals surface area contributed by atoms with Gasteiger partial charge in [-0.1, -0.05) is 43.0 Å². The largest absolute Gasteiger partial charge is 0.325 e. The quantitative estimate of drug-likeness (QED) is 0.838. The minimum Gasteiger partial charge on any atom is -0.325 e. The van der Waals surface area contributed by atoms with E-state index in [-0.39, 0.29) is 17.9 Å². The van der Waals surface area contributed by atoms with E-state index < -0.39 is 0 Å². The minimum atomic E-state index is -0.174. The highest BCUT2D eigenvalue weighted by Crippen LogP contribution is 2.33. The number of hydrogen-bond acceptors (Lipinski definition) is 3. The zero-order valence-electron chi connectivity index (χ0n) is 14.5. The number of likely N-dealkylation sites (N-methyl/N-ethyl adjacent to an activating group) is 1. The summed E-state index contributed by atoms with van der Waals surface area (Å²) in [5, 5.41) is 3.05. The molecule has 25 heavy (non-hydrogen) atoms. The molecule has 0 bridgehead atoms. The van der Waals surface area contributed by atoms with E-state index in [4.69, 9.17) is 0 Å². The summed E-state index contributed by atoms with van der Waals surface area (Å²) >= 11 is 0. The lowest BCUT2D eigenvalue weighted by molar-refractivity contribution is -0.120. The Morgan fingerprint density at radius 1 is 1.28 bits per heavy atom. The summed E-state index contributed by atoms with van der Waals surface area (Å²) in [6, 6.07) is 15.7. The van der Waals surface area contributed by atoms with Crippen LogP contribution in [0, 0.1) is 0 Å². The van der Waals surface area contributed by atoms with Crippen LogP contribution in [0.25, 0.3) is 6.08 Å². The molecule has 1 saturated heterocycles. The van der Waals surface area contributed by atoms with Crippen molar-refractivity contribution in [1.82, 2.24) is 4.90 Å². The summed E-state index contributed by atoms with van der Waals surface area (Å²) in [5.74, 6) is 0.224. The van der Waals surface area contributed by atoms with Crippen molar-refractivity contribution in [3.63, 3.8) is 0 Å². The average Bonchev–Trinajstić information content (AvgIpc) is 3.04. The molecule has 1 amide bonds. The maximum absolute atomic E-state index is 12.9. The van der Waals surface area contributed by atoms with E-state index in [0.717, 1.165) is 29.9 Å². The van der Waals surface area contributed by atoms with Crippen LogP contribution in [0.2, 0.25) is 0 Å². The van der Waals surface area contributed by atoms with Gasteiger partial charge in [0.2, 0.25) is 5.91 Å². The standard InChI is InChI=1S/C21H23N3O/c1-4-15-14-17(10-11-19(15)22-2)23-21(25)20-18(12-13-24(20)3)16-8-6-5-7-9-16/h4-11,14,18,20H,1-2,12-13H2,3H3,(H,23,25)/t18-,20-/m0/s1. The molecule has 0 aromatic heterocycles. The Morgan fingerprint density at radius 3 is 2.72 bits per heavy atom. The number of carbonyl (C=O) groups excluding carboxylic acids is 1. The molecular formula is C21H23N3O. The Labute approximate surface area is 148 Å². The Morgan fingerprint density at radius 2 is 2.04 bits per heavy atom. The van der Waals surface area contributed by atoms with Crippen molar-refractivity contribution >= 4 is 30.1 Å². The maximum Gasteiger partial charge on any atom is 0.242 e. The van der Waals surface area contributed by atoms with Gasteiger partial charge in [-0.25, -0.2) is 0 Å². The van der Waals surface area contributed by atoms with E-state index >= 15 is 0 Å². The van der Waals surface area contributed by atoms with Crippen LogP contribution in [0.4, 0.5) is 11.4 Å². The number of nitrogens with one attached hydrogen (secondary N) is 1. The van der Waals surface area contributed by atoms with Crippen LogP contribution < -0.4 is 5.32 Å². The van der Waals surface area contributed by atoms with Crippen LogP contribution >= 0.6 is 0 Å². The molecule has 2 aromatic rings. The van der Waals surface area contributed by atoms with E-state index in [2.05, 4.69) is 40.6 Å². The van der Waals surface area contributed by atoms with E-state index in [1.54, 1.807) is 6.08 Å². The molecule has 0 saturated carbocycles. The monoisotopic (exact) mass is 333 g/mol. The van der Waals surface area contributed by atoms with Crippen molar-refractivity contribution in [3.05, 3.63) is 66.2 Å². The van der Waals surface area contributed by atoms with Gasteiger partial charge in [-0.15, -0.1) is 0 Å². The van der Waals surface area contributed by atoms with Gasteiger partial charge in [0.05, 0.1) is 11.7 Å². The predicted octanol–water partition coefficient (Wildman–Crippen LogP) is 4.09. The highest BCUT2D eigenvalue weighted by Gasteiger charge is 2.38. The van der Waals surface area contributed by atoms with Crippen molar-refractivity contribution in [2.24, 2.45) is 4.99 Å². The number of amides is 1. The fourth-order valence-electron chi connectivity index (χ4n) is 3.53. The Kier molecular flexibility index (Phi) is 5.10. The van der Waals surface area contributed by atoms with Gasteiger partial charge in [0, 0.05) is 17.2 Å². The fraction of sp³-hybridized carbons (Fsp3) is 0.238. The third-order valence-corrected chi connectivity index (χ3v) is 4.83. The second-order valence-corrected chi connectivity index (χ2v) is 6.36. The van der Waals surface area contributed by atoms with Gasteiger partial charge >= 0.3 is 0 Å². The smallest absolute Gasteiger partial charge is 0.242 e. The molecular weight excluding hydrogens is 310 g/mol. The Balaban J connectivity index is 1.82. The summed E-state index contributed by atoms with van der Waals surface area (Å²) in [6.07, 6.45) is 2.70. The third-order valence-electron chi connectivity index (χ3n) is 4.83. The number of aliphatic imine (C=N–C) groups is 1. The van der Waals surface area contributed by atoms with E-state index in [1.165, 1.54) is 5.56 Å². The van der Waals surface area contributed by atoms with Crippen LogP contribution in [0.3, 0.4) is 0 Å². The molecule has 128 valence electrons. The highest BCUT2D eigenvalue weighted by atomic mass is 16.2. The molecule has 0 spiro atoms. The molecule has 1 aliphatic rings. The SMILES string of the molecule is C=Cc1cc(NC(=O)[C@@H]2[C@H](c3ccccc3)CCN2C)ccc1N=C. The summed E-state index contributed by atoms with van der Waals surface area (Å²) in [7, 11) is 2.01. The van der Waals surface area contributed by atoms with Gasteiger partial charge in [0.15, 0.2) is 0 Å². The number of nitrogens with zero attached hydrogens (tertiary/aromatic N) is 2. The van der Waals surface area contributed by atoms with E-state index in [1.807, 2.05) is 43.4 Å². The second-order valence-electron chi connectivity index (χ2n) is 6.36. The molecule has 1 heterocycles. The van der Waals surface area contributed by atoms with E-state index in [9.17, 15) is 4.79 Å². The average molecular weight is 333 g/mol. The number of hydrogen-bond donors (Lipinski definition) is 1. The van der Waals surface area contributed by atoms with Gasteiger partial charge in [-0.2, -0.15) is 0 Å². The van der Waals surface area contributed by atoms with Crippen molar-refractivity contribution < 1.29 is 4.79 Å². The molecule has 0 radical (unpaired) electrons. The summed E-state index contributed by atoms with van der Waals surface area (Å²) in [6.45, 7) is 8.26. The molecule has 4 nitrogen and oxygen atoms in total. The predicted molar refractivity (Wildman–Crippen MR) is 105 cm³/mol. The first kappa shape index (κ1) is 17.1. The number of carbonyl (C=O) groups is 1. The van der Waals surface area contributed by atoms with Crippen molar-refractivity contribution in [3.8, 4) is 0 Å². The molecule has 1 fully saturated rings. The molecule has 2 aromatic carbocycles. The highest BCUT2D eigenvalue weighted by molar-refractivity contribution is 5.96. The van der Waals surface area contributed by atoms with Gasteiger partial charge in [-0.3, -0.25) is 14.7 Å². The van der Waals surface area contributed by atoms with E-state index in [0.29, 0.717) is 0 Å². The maximum atomic E-state index is 12.9. The fourth-order valence-corrected chi connectivity index (χ4v) is 3.53. The summed E-state index contributed by atoms with van der Waals surface area (Å²) < 4.78 is 0. The van der Waals surface area contributed by atoms with Crippen molar-refractivity contribution in [2.75, 3.05) is 18.9 Å². The first-order chi connectivity index (χ1) is 12.1. The van der Waals surface area contributed by atoms with Gasteiger partial charge in [-0.05, 0) is 50.5 Å². The number of rotatable bonds is 5. The van der Waals surface area contributed by atoms with Crippen LogP contribution in [0.1, 0.15) is 23.5 Å². The molecule has 3 rings (SSSR count). The zero-order valence-corrected chi connectivity index (χ0v) is 14.5. The topological polar surface area (TPSA) is 44.7 Å². The first-order valence-electron chi connectivity index (χ1n) is 8.43. The molecule has 4 heteroatoms. The van der Waals surface area contributed by atoms with Crippen LogP contribution in [-0.4, -0.2) is 37.2 Å². The molecule has 0 aliphatic carbocycles. The lowest BCUT2D eigenvalue weighted by Gasteiger charge is -2.24. The first-order valence-corrected chi connectivity index (χ1v) is 8.43. The zero-order chi connectivity index (χ0) is 17.8.